The van der Waals surface area contributed by atoms with Gasteiger partial charge in [0.1, 0.15) is 6.10 Å². The van der Waals surface area contributed by atoms with Gasteiger partial charge in [-0.1, -0.05) is 149 Å². The molecule has 0 aliphatic heterocycles. The van der Waals surface area contributed by atoms with Crippen molar-refractivity contribution in [1.82, 2.24) is 4.90 Å². The zero-order chi connectivity index (χ0) is 41.0. The van der Waals surface area contributed by atoms with Crippen molar-refractivity contribution in [2.24, 2.45) is 0 Å². The van der Waals surface area contributed by atoms with Crippen LogP contribution in [0.2, 0.25) is 0 Å². The van der Waals surface area contributed by atoms with Crippen LogP contribution in [0, 0.1) is 0 Å². The molecule has 0 aromatic carbocycles. The smallest absolute Gasteiger partial charge is 0.366 e. The maximum Gasteiger partial charge on any atom is 0.366 e. The minimum absolute atomic E-state index is 0.132. The predicted molar refractivity (Wildman–Crippen MR) is 220 cm³/mol. The third-order valence-corrected chi connectivity index (χ3v) is 10.5. The first-order chi connectivity index (χ1) is 26.4. The molecule has 0 rings (SSSR count). The van der Waals surface area contributed by atoms with Crippen molar-refractivity contribution in [3.63, 3.8) is 0 Å². The second kappa shape index (κ2) is 35.8. The van der Waals surface area contributed by atoms with E-state index in [9.17, 15) is 40.2 Å². The molecule has 0 spiro atoms. The summed E-state index contributed by atoms with van der Waals surface area (Å²) in [5.74, 6) is -6.97. The largest absolute Gasteiger partial charge is 0.464 e. The van der Waals surface area contributed by atoms with E-state index in [-0.39, 0.29) is 25.5 Å². The van der Waals surface area contributed by atoms with Crippen LogP contribution in [-0.2, 0) is 19.1 Å². The average molecular weight is 790 g/mol. The fourth-order valence-corrected chi connectivity index (χ4v) is 7.02. The summed E-state index contributed by atoms with van der Waals surface area (Å²) < 4.78 is 10.9. The van der Waals surface area contributed by atoms with Gasteiger partial charge < -0.3 is 40.1 Å². The predicted octanol–water partition coefficient (Wildman–Crippen LogP) is 8.57. The second-order valence-electron chi connectivity index (χ2n) is 16.2. The molecule has 55 heavy (non-hydrogen) atoms. The van der Waals surface area contributed by atoms with E-state index in [4.69, 9.17) is 9.47 Å². The van der Waals surface area contributed by atoms with Crippen LogP contribution < -0.4 is 0 Å². The zero-order valence-electron chi connectivity index (χ0n) is 35.7. The van der Waals surface area contributed by atoms with Gasteiger partial charge in [-0.25, -0.2) is 9.59 Å². The summed E-state index contributed by atoms with van der Waals surface area (Å²) in [6.07, 6.45) is 27.7. The number of esters is 2. The third-order valence-electron chi connectivity index (χ3n) is 10.5. The maximum absolute atomic E-state index is 12.9. The molecular weight excluding hydrogens is 702 g/mol. The van der Waals surface area contributed by atoms with Crippen molar-refractivity contribution >= 4 is 11.9 Å². The second-order valence-corrected chi connectivity index (χ2v) is 16.2. The number of nitrogens with zero attached hydrogens (tertiary/aromatic N) is 1. The molecule has 0 aliphatic carbocycles. The molecule has 0 heterocycles. The molecule has 0 saturated heterocycles. The first kappa shape index (κ1) is 53.7. The third kappa shape index (κ3) is 34.4. The fourth-order valence-electron chi connectivity index (χ4n) is 7.02. The lowest BCUT2D eigenvalue weighted by molar-refractivity contribution is -0.317. The van der Waals surface area contributed by atoms with E-state index < -0.39 is 29.8 Å². The van der Waals surface area contributed by atoms with E-state index >= 15 is 0 Å². The Kier molecular flexibility index (Phi) is 34.9. The van der Waals surface area contributed by atoms with Gasteiger partial charge >= 0.3 is 11.9 Å². The molecule has 1 unspecified atom stereocenters. The van der Waals surface area contributed by atoms with Crippen molar-refractivity contribution in [2.75, 3.05) is 26.2 Å². The van der Waals surface area contributed by atoms with E-state index in [0.29, 0.717) is 58.2 Å². The van der Waals surface area contributed by atoms with Crippen LogP contribution in [0.25, 0.3) is 0 Å². The summed E-state index contributed by atoms with van der Waals surface area (Å²) in [4.78, 5) is 26.7. The van der Waals surface area contributed by atoms with Crippen LogP contribution in [0.3, 0.4) is 0 Å². The number of unbranched alkanes of at least 4 members (excludes halogenated alkanes) is 22. The normalized spacial score (nSPS) is 12.9. The lowest BCUT2D eigenvalue weighted by atomic mass is 10.0. The molecule has 328 valence electrons. The van der Waals surface area contributed by atoms with E-state index in [1.54, 1.807) is 4.90 Å². The molecule has 0 fully saturated rings. The maximum atomic E-state index is 12.9. The molecule has 0 bridgehead atoms. The summed E-state index contributed by atoms with van der Waals surface area (Å²) in [6.45, 7) is 7.40. The van der Waals surface area contributed by atoms with Gasteiger partial charge in [0.2, 0.25) is 0 Å². The van der Waals surface area contributed by atoms with Gasteiger partial charge in [-0.2, -0.15) is 0 Å². The molecule has 6 N–H and O–H groups in total. The van der Waals surface area contributed by atoms with Gasteiger partial charge in [0.15, 0.2) is 6.10 Å². The summed E-state index contributed by atoms with van der Waals surface area (Å²) in [5, 5.41) is 60.2. The van der Waals surface area contributed by atoms with Crippen LogP contribution in [0.1, 0.15) is 220 Å². The van der Waals surface area contributed by atoms with Gasteiger partial charge in [-0.15, -0.1) is 0 Å². The molecule has 1 atom stereocenters. The number of carbonyl (C=O) groups excluding carboxylic acids is 2. The van der Waals surface area contributed by atoms with Crippen LogP contribution in [-0.4, -0.2) is 97.7 Å². The Hall–Kier alpha value is -1.34. The summed E-state index contributed by atoms with van der Waals surface area (Å²) in [6, 6.07) is 0. The summed E-state index contributed by atoms with van der Waals surface area (Å²) in [7, 11) is 0. The molecule has 0 aromatic heterocycles. The number of hydrogen-bond acceptors (Lipinski definition) is 11. The topological polar surface area (TPSA) is 177 Å². The minimum atomic E-state index is -2.85. The Morgan fingerprint density at radius 3 is 1.42 bits per heavy atom. The minimum Gasteiger partial charge on any atom is -0.464 e. The van der Waals surface area contributed by atoms with Crippen LogP contribution >= 0.6 is 0 Å². The van der Waals surface area contributed by atoms with Crippen molar-refractivity contribution in [3.05, 3.63) is 0 Å². The van der Waals surface area contributed by atoms with Gasteiger partial charge in [-0.3, -0.25) is 4.90 Å². The SMILES string of the molecule is CCCCCCCCCCCOC(=O)C(O)CCCCN(CCCCCCC(O)(O)C(=O)OC(CCCCCCCC)CCCCCCCC)CC(O)(O)O. The molecule has 0 aliphatic rings. The zero-order valence-corrected chi connectivity index (χ0v) is 35.7. The number of aliphatic hydroxyl groups excluding tert-OH is 1. The van der Waals surface area contributed by atoms with Gasteiger partial charge in [0.25, 0.3) is 11.8 Å². The van der Waals surface area contributed by atoms with Gasteiger partial charge in [0, 0.05) is 6.42 Å². The van der Waals surface area contributed by atoms with E-state index in [0.717, 1.165) is 70.6 Å². The average Bonchev–Trinajstić information content (AvgIpc) is 3.13. The Labute approximate surface area is 336 Å². The van der Waals surface area contributed by atoms with E-state index in [1.807, 2.05) is 0 Å². The molecule has 0 aromatic rings. The molecule has 0 amide bonds. The lowest BCUT2D eigenvalue weighted by Gasteiger charge is -2.27. The Morgan fingerprint density at radius 2 is 0.927 bits per heavy atom. The number of rotatable bonds is 41. The van der Waals surface area contributed by atoms with Crippen molar-refractivity contribution in [3.8, 4) is 0 Å². The van der Waals surface area contributed by atoms with Crippen LogP contribution in [0.5, 0.6) is 0 Å². The highest BCUT2D eigenvalue weighted by molar-refractivity contribution is 5.77. The summed E-state index contributed by atoms with van der Waals surface area (Å²) >= 11 is 0. The Bertz CT molecular complexity index is 865. The van der Waals surface area contributed by atoms with Gasteiger partial charge in [0.05, 0.1) is 13.2 Å². The van der Waals surface area contributed by atoms with E-state index in [2.05, 4.69) is 20.8 Å². The first-order valence-corrected chi connectivity index (χ1v) is 22.8. The number of hydrogen-bond donors (Lipinski definition) is 6. The van der Waals surface area contributed by atoms with Crippen LogP contribution in [0.15, 0.2) is 0 Å². The molecule has 0 saturated carbocycles. The molecular formula is C44H87NO10. The number of ether oxygens (including phenoxy) is 2. The molecule has 11 heteroatoms. The Morgan fingerprint density at radius 1 is 0.527 bits per heavy atom. The highest BCUT2D eigenvalue weighted by Crippen LogP contribution is 2.22. The van der Waals surface area contributed by atoms with Crippen molar-refractivity contribution in [1.29, 1.82) is 0 Å². The summed E-state index contributed by atoms with van der Waals surface area (Å²) in [5.41, 5.74) is 0. The lowest BCUT2D eigenvalue weighted by Crippen LogP contribution is -2.43. The highest BCUT2D eigenvalue weighted by atomic mass is 16.7. The molecule has 0 radical (unpaired) electrons. The fraction of sp³-hybridized carbons (Fsp3) is 0.955. The van der Waals surface area contributed by atoms with Crippen molar-refractivity contribution < 1.29 is 49.7 Å². The first-order valence-electron chi connectivity index (χ1n) is 22.8. The number of aliphatic hydroxyl groups is 6. The standard InChI is InChI=1S/C44H87NO10/c1-4-7-10-13-16-17-18-23-30-37-54-41(47)40(46)33-26-29-36-45(38-44(51,52)53)35-28-22-21-27-34-43(49,50)42(48)55-39(31-24-19-14-11-8-5-2)32-25-20-15-12-9-6-3/h39-40,46,49-53H,4-38H2,1-3H3. The highest BCUT2D eigenvalue weighted by Gasteiger charge is 2.36. The quantitative estimate of drug-likeness (QED) is 0.0199. The number of carbonyl (C=O) groups is 2. The Balaban J connectivity index is 4.48. The molecule has 11 nitrogen and oxygen atoms in total. The van der Waals surface area contributed by atoms with Crippen molar-refractivity contribution in [2.45, 2.75) is 244 Å². The van der Waals surface area contributed by atoms with E-state index in [1.165, 1.54) is 77.0 Å². The van der Waals surface area contributed by atoms with Gasteiger partial charge in [-0.05, 0) is 77.3 Å². The van der Waals surface area contributed by atoms with Crippen LogP contribution in [0.4, 0.5) is 0 Å². The monoisotopic (exact) mass is 790 g/mol.